The maximum atomic E-state index is 12.0. The van der Waals surface area contributed by atoms with Crippen molar-refractivity contribution in [1.82, 2.24) is 4.90 Å². The number of piperidine rings is 1. The highest BCUT2D eigenvalue weighted by molar-refractivity contribution is 6.31. The molecule has 23 heavy (non-hydrogen) atoms. The number of hydrogen-bond acceptors (Lipinski definition) is 2. The van der Waals surface area contributed by atoms with Crippen molar-refractivity contribution >= 4 is 17.7 Å². The monoisotopic (exact) mass is 333 g/mol. The smallest absolute Gasteiger partial charge is 0.410 e. The van der Waals surface area contributed by atoms with E-state index in [9.17, 15) is 4.79 Å². The molecule has 1 amide bonds. The van der Waals surface area contributed by atoms with E-state index in [1.165, 1.54) is 0 Å². The molecule has 2 rings (SSSR count). The molecule has 0 aliphatic carbocycles. The van der Waals surface area contributed by atoms with Gasteiger partial charge in [0.1, 0.15) is 5.60 Å². The maximum Gasteiger partial charge on any atom is 0.410 e. The number of carbonyl (C=O) groups excluding carboxylic acids is 1. The van der Waals surface area contributed by atoms with Gasteiger partial charge in [0, 0.05) is 29.6 Å². The van der Waals surface area contributed by atoms with Crippen molar-refractivity contribution in [2.45, 2.75) is 46.1 Å². The lowest BCUT2D eigenvalue weighted by atomic mass is 9.97. The largest absolute Gasteiger partial charge is 0.444 e. The van der Waals surface area contributed by atoms with Gasteiger partial charge in [0.2, 0.25) is 0 Å². The quantitative estimate of drug-likeness (QED) is 0.647. The Hall–Kier alpha value is -1.66. The van der Waals surface area contributed by atoms with E-state index >= 15 is 0 Å². The summed E-state index contributed by atoms with van der Waals surface area (Å²) in [6.45, 7) is 9.04. The Morgan fingerprint density at radius 2 is 1.96 bits per heavy atom. The summed E-state index contributed by atoms with van der Waals surface area (Å²) in [6.07, 6.45) is 1.55. The third-order valence-corrected chi connectivity index (χ3v) is 4.15. The van der Waals surface area contributed by atoms with Crippen LogP contribution in [0.4, 0.5) is 4.79 Å². The van der Waals surface area contributed by atoms with Crippen molar-refractivity contribution in [3.63, 3.8) is 0 Å². The molecule has 1 aromatic rings. The molecule has 1 heterocycles. The fourth-order valence-corrected chi connectivity index (χ4v) is 2.56. The Bertz CT molecular complexity index is 629. The Kier molecular flexibility index (Phi) is 5.59. The molecule has 1 aliphatic rings. The van der Waals surface area contributed by atoms with Crippen LogP contribution in [-0.4, -0.2) is 29.7 Å². The van der Waals surface area contributed by atoms with Gasteiger partial charge in [-0.15, -0.1) is 0 Å². The summed E-state index contributed by atoms with van der Waals surface area (Å²) >= 11 is 6.02. The van der Waals surface area contributed by atoms with Gasteiger partial charge in [0.15, 0.2) is 0 Å². The van der Waals surface area contributed by atoms with Crippen molar-refractivity contribution in [2.24, 2.45) is 5.92 Å². The molecule has 124 valence electrons. The first-order chi connectivity index (χ1) is 10.7. The van der Waals surface area contributed by atoms with Crippen LogP contribution in [-0.2, 0) is 4.74 Å². The molecular formula is C19H24ClNO2. The molecule has 1 aromatic carbocycles. The molecule has 1 aliphatic heterocycles. The lowest BCUT2D eigenvalue weighted by Crippen LogP contribution is -2.41. The second kappa shape index (κ2) is 7.27. The zero-order valence-electron chi connectivity index (χ0n) is 14.3. The van der Waals surface area contributed by atoms with Crippen LogP contribution >= 0.6 is 11.6 Å². The van der Waals surface area contributed by atoms with Crippen molar-refractivity contribution in [1.29, 1.82) is 0 Å². The number of ether oxygens (including phenoxy) is 1. The predicted molar refractivity (Wildman–Crippen MR) is 93.6 cm³/mol. The van der Waals surface area contributed by atoms with Crippen LogP contribution in [0.3, 0.4) is 0 Å². The summed E-state index contributed by atoms with van der Waals surface area (Å²) in [7, 11) is 0. The van der Waals surface area contributed by atoms with E-state index in [0.29, 0.717) is 19.0 Å². The number of nitrogens with zero attached hydrogens (tertiary/aromatic N) is 1. The lowest BCUT2D eigenvalue weighted by Gasteiger charge is -2.31. The zero-order chi connectivity index (χ0) is 17.0. The maximum absolute atomic E-state index is 12.0. The van der Waals surface area contributed by atoms with Gasteiger partial charge < -0.3 is 9.64 Å². The fraction of sp³-hybridized carbons (Fsp3) is 0.526. The zero-order valence-corrected chi connectivity index (χ0v) is 15.0. The number of amides is 1. The van der Waals surface area contributed by atoms with E-state index in [1.807, 2.05) is 45.9 Å². The normalized spacial score (nSPS) is 15.8. The Morgan fingerprint density at radius 3 is 2.52 bits per heavy atom. The van der Waals surface area contributed by atoms with Crippen LogP contribution in [0, 0.1) is 24.7 Å². The second-order valence-corrected chi connectivity index (χ2v) is 7.38. The number of likely N-dealkylation sites (tertiary alicyclic amines) is 1. The van der Waals surface area contributed by atoms with Crippen molar-refractivity contribution in [2.75, 3.05) is 13.1 Å². The number of halogens is 1. The first-order valence-electron chi connectivity index (χ1n) is 8.00. The minimum absolute atomic E-state index is 0.225. The van der Waals surface area contributed by atoms with Gasteiger partial charge in [-0.05, 0) is 64.3 Å². The van der Waals surface area contributed by atoms with Gasteiger partial charge in [-0.1, -0.05) is 23.4 Å². The number of benzene rings is 1. The van der Waals surface area contributed by atoms with E-state index in [1.54, 1.807) is 4.90 Å². The summed E-state index contributed by atoms with van der Waals surface area (Å²) in [5.41, 5.74) is 1.58. The van der Waals surface area contributed by atoms with Gasteiger partial charge in [-0.3, -0.25) is 0 Å². The molecule has 0 radical (unpaired) electrons. The average Bonchev–Trinajstić information content (AvgIpc) is 2.47. The first-order valence-corrected chi connectivity index (χ1v) is 8.38. The average molecular weight is 334 g/mol. The standard InChI is InChI=1S/C19H24ClNO2/c1-14-13-16(7-8-17(14)20)6-5-15-9-11-21(12-10-15)18(22)23-19(2,3)4/h7-8,13,15H,9-12H2,1-4H3. The molecule has 0 N–H and O–H groups in total. The van der Waals surface area contributed by atoms with E-state index in [-0.39, 0.29) is 6.09 Å². The number of carbonyl (C=O) groups is 1. The van der Waals surface area contributed by atoms with Gasteiger partial charge in [-0.2, -0.15) is 0 Å². The van der Waals surface area contributed by atoms with Crippen LogP contribution in [0.15, 0.2) is 18.2 Å². The summed E-state index contributed by atoms with van der Waals surface area (Å²) < 4.78 is 5.40. The van der Waals surface area contributed by atoms with Crippen LogP contribution in [0.25, 0.3) is 0 Å². The minimum atomic E-state index is -0.444. The molecule has 0 aromatic heterocycles. The lowest BCUT2D eigenvalue weighted by molar-refractivity contribution is 0.0199. The molecule has 0 unspecified atom stereocenters. The minimum Gasteiger partial charge on any atom is -0.444 e. The van der Waals surface area contributed by atoms with E-state index < -0.39 is 5.60 Å². The second-order valence-electron chi connectivity index (χ2n) is 6.97. The Balaban J connectivity index is 1.89. The Labute approximate surface area is 144 Å². The summed E-state index contributed by atoms with van der Waals surface area (Å²) in [4.78, 5) is 13.8. The fourth-order valence-electron chi connectivity index (χ4n) is 2.44. The van der Waals surface area contributed by atoms with E-state index in [2.05, 4.69) is 11.8 Å². The van der Waals surface area contributed by atoms with Crippen molar-refractivity contribution in [3.8, 4) is 11.8 Å². The van der Waals surface area contributed by atoms with Gasteiger partial charge in [0.05, 0.1) is 0 Å². The molecule has 3 nitrogen and oxygen atoms in total. The molecule has 0 spiro atoms. The molecule has 1 saturated heterocycles. The number of hydrogen-bond donors (Lipinski definition) is 0. The van der Waals surface area contributed by atoms with Crippen molar-refractivity contribution < 1.29 is 9.53 Å². The van der Waals surface area contributed by atoms with Crippen LogP contribution < -0.4 is 0 Å². The summed E-state index contributed by atoms with van der Waals surface area (Å²) in [5.74, 6) is 6.87. The SMILES string of the molecule is Cc1cc(C#CC2CCN(C(=O)OC(C)(C)C)CC2)ccc1Cl. The first kappa shape index (κ1) is 17.7. The van der Waals surface area contributed by atoms with Crippen molar-refractivity contribution in [3.05, 3.63) is 34.3 Å². The highest BCUT2D eigenvalue weighted by Gasteiger charge is 2.26. The topological polar surface area (TPSA) is 29.5 Å². The third-order valence-electron chi connectivity index (χ3n) is 3.73. The predicted octanol–water partition coefficient (Wildman–Crippen LogP) is 4.65. The third kappa shape index (κ3) is 5.48. The van der Waals surface area contributed by atoms with Gasteiger partial charge in [-0.25, -0.2) is 4.79 Å². The molecule has 0 saturated carbocycles. The van der Waals surface area contributed by atoms with Crippen LogP contribution in [0.2, 0.25) is 5.02 Å². The Morgan fingerprint density at radius 1 is 1.30 bits per heavy atom. The molecule has 0 bridgehead atoms. The summed E-state index contributed by atoms with van der Waals surface area (Å²) in [5, 5.41) is 0.765. The van der Waals surface area contributed by atoms with E-state index in [0.717, 1.165) is 29.0 Å². The molecule has 4 heteroatoms. The number of rotatable bonds is 0. The molecular weight excluding hydrogens is 310 g/mol. The van der Waals surface area contributed by atoms with E-state index in [4.69, 9.17) is 16.3 Å². The van der Waals surface area contributed by atoms with Gasteiger partial charge in [0.25, 0.3) is 0 Å². The summed E-state index contributed by atoms with van der Waals surface area (Å²) in [6, 6.07) is 5.83. The molecule has 0 atom stereocenters. The highest BCUT2D eigenvalue weighted by Crippen LogP contribution is 2.20. The number of aryl methyl sites for hydroxylation is 1. The van der Waals surface area contributed by atoms with Crippen LogP contribution in [0.1, 0.15) is 44.7 Å². The van der Waals surface area contributed by atoms with Gasteiger partial charge >= 0.3 is 6.09 Å². The van der Waals surface area contributed by atoms with Crippen LogP contribution in [0.5, 0.6) is 0 Å². The highest BCUT2D eigenvalue weighted by atomic mass is 35.5. The molecule has 1 fully saturated rings.